The Labute approximate surface area is 108 Å². The summed E-state index contributed by atoms with van der Waals surface area (Å²) < 4.78 is 1.04. The summed E-state index contributed by atoms with van der Waals surface area (Å²) in [6.45, 7) is 0. The number of nitrogens with one attached hydrogen (secondary N) is 1. The van der Waals surface area contributed by atoms with Gasteiger partial charge < -0.3 is 10.4 Å². The first-order valence-electron chi connectivity index (χ1n) is 5.91. The molecule has 18 heavy (non-hydrogen) atoms. The molecule has 1 aliphatic carbocycles. The summed E-state index contributed by atoms with van der Waals surface area (Å²) in [6.07, 6.45) is 3.84. The summed E-state index contributed by atoms with van der Waals surface area (Å²) in [6, 6.07) is 2.16. The number of fused-ring (bicyclic) bond motifs is 1. The summed E-state index contributed by atoms with van der Waals surface area (Å²) in [5, 5.41) is 14.3. The first-order chi connectivity index (χ1) is 8.74. The fraction of sp³-hybridized carbons (Fsp3) is 0.417. The Hall–Kier alpha value is -1.69. The molecule has 2 N–H and O–H groups in total. The Morgan fingerprint density at radius 2 is 2.33 bits per heavy atom. The molecule has 1 fully saturated rings. The van der Waals surface area contributed by atoms with Crippen LogP contribution in [0.25, 0.3) is 10.2 Å². The third-order valence-corrected chi connectivity index (χ3v) is 4.28. The van der Waals surface area contributed by atoms with Gasteiger partial charge in [-0.05, 0) is 30.7 Å². The molecule has 0 bridgehead atoms. The van der Waals surface area contributed by atoms with E-state index < -0.39 is 5.97 Å². The van der Waals surface area contributed by atoms with Crippen molar-refractivity contribution >= 4 is 33.3 Å². The van der Waals surface area contributed by atoms with E-state index in [-0.39, 0.29) is 12.0 Å². The Kier molecular flexibility index (Phi) is 2.87. The molecule has 0 aliphatic heterocycles. The van der Waals surface area contributed by atoms with Gasteiger partial charge in [-0.3, -0.25) is 4.79 Å². The smallest absolute Gasteiger partial charge is 0.306 e. The van der Waals surface area contributed by atoms with Gasteiger partial charge in [0, 0.05) is 6.04 Å². The highest BCUT2D eigenvalue weighted by Crippen LogP contribution is 2.31. The minimum absolute atomic E-state index is 0.200. The van der Waals surface area contributed by atoms with Crippen LogP contribution < -0.4 is 5.32 Å². The number of anilines is 1. The van der Waals surface area contributed by atoms with Gasteiger partial charge >= 0.3 is 5.97 Å². The minimum atomic E-state index is -0.691. The van der Waals surface area contributed by atoms with Crippen LogP contribution in [0.15, 0.2) is 17.8 Å². The average molecular weight is 263 g/mol. The molecule has 0 radical (unpaired) electrons. The number of aliphatic carboxylic acids is 1. The van der Waals surface area contributed by atoms with E-state index >= 15 is 0 Å². The van der Waals surface area contributed by atoms with Crippen LogP contribution in [-0.4, -0.2) is 27.1 Å². The predicted molar refractivity (Wildman–Crippen MR) is 69.8 cm³/mol. The zero-order chi connectivity index (χ0) is 12.5. The van der Waals surface area contributed by atoms with Crippen LogP contribution in [0.1, 0.15) is 19.3 Å². The molecular weight excluding hydrogens is 250 g/mol. The van der Waals surface area contributed by atoms with Crippen molar-refractivity contribution in [2.45, 2.75) is 25.3 Å². The predicted octanol–water partition coefficient (Wildman–Crippen LogP) is 2.36. The highest BCUT2D eigenvalue weighted by Gasteiger charge is 2.30. The molecule has 2 heterocycles. The molecule has 1 saturated carbocycles. The van der Waals surface area contributed by atoms with E-state index in [0.717, 1.165) is 28.9 Å². The van der Waals surface area contributed by atoms with Crippen molar-refractivity contribution in [2.75, 3.05) is 5.32 Å². The number of hydrogen-bond acceptors (Lipinski definition) is 5. The van der Waals surface area contributed by atoms with Crippen molar-refractivity contribution in [2.24, 2.45) is 5.92 Å². The van der Waals surface area contributed by atoms with Gasteiger partial charge in [0.25, 0.3) is 0 Å². The standard InChI is InChI=1S/C12H13N3O2S/c16-12(17)7-1-2-8(5-7)15-11-10-9(3-4-18-10)13-6-14-11/h3-4,6-8H,1-2,5H2,(H,16,17)(H,13,14,15). The molecule has 6 heteroatoms. The number of hydrogen-bond donors (Lipinski definition) is 2. The van der Waals surface area contributed by atoms with Crippen molar-refractivity contribution < 1.29 is 9.90 Å². The Morgan fingerprint density at radius 3 is 3.11 bits per heavy atom. The lowest BCUT2D eigenvalue weighted by Crippen LogP contribution is -2.18. The van der Waals surface area contributed by atoms with Crippen LogP contribution in [0.2, 0.25) is 0 Å². The number of thiophene rings is 1. The van der Waals surface area contributed by atoms with Gasteiger partial charge in [0.05, 0.1) is 16.1 Å². The van der Waals surface area contributed by atoms with E-state index in [1.54, 1.807) is 17.7 Å². The van der Waals surface area contributed by atoms with Crippen LogP contribution in [0, 0.1) is 5.92 Å². The molecule has 2 aromatic heterocycles. The number of aromatic nitrogens is 2. The molecule has 0 saturated heterocycles. The molecule has 2 atom stereocenters. The Balaban J connectivity index is 1.77. The second-order valence-electron chi connectivity index (χ2n) is 4.55. The van der Waals surface area contributed by atoms with Crippen molar-refractivity contribution in [3.63, 3.8) is 0 Å². The quantitative estimate of drug-likeness (QED) is 0.889. The van der Waals surface area contributed by atoms with Gasteiger partial charge in [0.15, 0.2) is 0 Å². The van der Waals surface area contributed by atoms with Gasteiger partial charge in [-0.1, -0.05) is 0 Å². The van der Waals surface area contributed by atoms with Crippen molar-refractivity contribution in [1.29, 1.82) is 0 Å². The largest absolute Gasteiger partial charge is 0.481 e. The second-order valence-corrected chi connectivity index (χ2v) is 5.46. The normalized spacial score (nSPS) is 23.3. The fourth-order valence-corrected chi connectivity index (χ4v) is 3.22. The lowest BCUT2D eigenvalue weighted by Gasteiger charge is -2.13. The Morgan fingerprint density at radius 1 is 1.44 bits per heavy atom. The lowest BCUT2D eigenvalue weighted by molar-refractivity contribution is -0.141. The van der Waals surface area contributed by atoms with Gasteiger partial charge in [-0.15, -0.1) is 11.3 Å². The van der Waals surface area contributed by atoms with E-state index in [9.17, 15) is 4.79 Å². The first-order valence-corrected chi connectivity index (χ1v) is 6.79. The molecule has 0 aromatic carbocycles. The molecule has 3 rings (SSSR count). The Bertz CT molecular complexity index is 583. The number of carboxylic acids is 1. The molecule has 0 spiro atoms. The molecule has 94 valence electrons. The molecular formula is C12H13N3O2S. The maximum absolute atomic E-state index is 10.9. The van der Waals surface area contributed by atoms with Crippen LogP contribution in [0.5, 0.6) is 0 Å². The lowest BCUT2D eigenvalue weighted by atomic mass is 10.1. The minimum Gasteiger partial charge on any atom is -0.481 e. The molecule has 0 amide bonds. The molecule has 5 nitrogen and oxygen atoms in total. The van der Waals surface area contributed by atoms with Crippen molar-refractivity contribution in [3.8, 4) is 0 Å². The average Bonchev–Trinajstić information content (AvgIpc) is 2.97. The number of nitrogens with zero attached hydrogens (tertiary/aromatic N) is 2. The van der Waals surface area contributed by atoms with Gasteiger partial charge in [-0.25, -0.2) is 9.97 Å². The molecule has 2 unspecified atom stereocenters. The van der Waals surface area contributed by atoms with Crippen molar-refractivity contribution in [3.05, 3.63) is 17.8 Å². The summed E-state index contributed by atoms with van der Waals surface area (Å²) in [4.78, 5) is 19.4. The summed E-state index contributed by atoms with van der Waals surface area (Å²) in [7, 11) is 0. The summed E-state index contributed by atoms with van der Waals surface area (Å²) >= 11 is 1.60. The van der Waals surface area contributed by atoms with E-state index in [1.165, 1.54) is 0 Å². The van der Waals surface area contributed by atoms with E-state index in [4.69, 9.17) is 5.11 Å². The number of carboxylic acid groups (broad SMARTS) is 1. The van der Waals surface area contributed by atoms with Gasteiger partial charge in [-0.2, -0.15) is 0 Å². The van der Waals surface area contributed by atoms with Gasteiger partial charge in [0.2, 0.25) is 0 Å². The SMILES string of the molecule is O=C(O)C1CCC(Nc2ncnc3ccsc23)C1. The highest BCUT2D eigenvalue weighted by molar-refractivity contribution is 7.17. The van der Waals surface area contributed by atoms with Crippen LogP contribution in [-0.2, 0) is 4.79 Å². The third kappa shape index (κ3) is 2.03. The van der Waals surface area contributed by atoms with Crippen LogP contribution in [0.3, 0.4) is 0 Å². The maximum Gasteiger partial charge on any atom is 0.306 e. The molecule has 2 aromatic rings. The first kappa shape index (κ1) is 11.4. The highest BCUT2D eigenvalue weighted by atomic mass is 32.1. The van der Waals surface area contributed by atoms with Crippen molar-refractivity contribution in [1.82, 2.24) is 9.97 Å². The topological polar surface area (TPSA) is 75.1 Å². The van der Waals surface area contributed by atoms with Crippen LogP contribution >= 0.6 is 11.3 Å². The third-order valence-electron chi connectivity index (χ3n) is 3.37. The summed E-state index contributed by atoms with van der Waals surface area (Å²) in [5.74, 6) is -0.0857. The summed E-state index contributed by atoms with van der Waals surface area (Å²) in [5.41, 5.74) is 0.935. The van der Waals surface area contributed by atoms with Gasteiger partial charge in [0.1, 0.15) is 12.1 Å². The number of rotatable bonds is 3. The zero-order valence-corrected chi connectivity index (χ0v) is 10.5. The monoisotopic (exact) mass is 263 g/mol. The van der Waals surface area contributed by atoms with E-state index in [2.05, 4.69) is 15.3 Å². The zero-order valence-electron chi connectivity index (χ0n) is 9.67. The fourth-order valence-electron chi connectivity index (χ4n) is 2.42. The maximum atomic E-state index is 10.9. The van der Waals surface area contributed by atoms with E-state index in [0.29, 0.717) is 6.42 Å². The van der Waals surface area contributed by atoms with E-state index in [1.807, 2.05) is 11.4 Å². The molecule has 1 aliphatic rings. The van der Waals surface area contributed by atoms with Crippen LogP contribution in [0.4, 0.5) is 5.82 Å². The second kappa shape index (κ2) is 4.53. The number of carbonyl (C=O) groups is 1.